The van der Waals surface area contributed by atoms with E-state index in [4.69, 9.17) is 9.47 Å². The highest BCUT2D eigenvalue weighted by Gasteiger charge is 2.36. The molecule has 7 nitrogen and oxygen atoms in total. The van der Waals surface area contributed by atoms with E-state index < -0.39 is 23.7 Å². The van der Waals surface area contributed by atoms with Crippen LogP contribution in [0.25, 0.3) is 6.08 Å². The smallest absolute Gasteiger partial charge is 0.325 e. The van der Waals surface area contributed by atoms with Crippen LogP contribution in [0.3, 0.4) is 0 Å². The summed E-state index contributed by atoms with van der Waals surface area (Å²) in [7, 11) is 2.73. The normalized spacial score (nSPS) is 15.0. The molecule has 0 saturated carbocycles. The van der Waals surface area contributed by atoms with Gasteiger partial charge in [-0.15, -0.1) is 0 Å². The average molecular weight is 413 g/mol. The Morgan fingerprint density at radius 1 is 1.07 bits per heavy atom. The Balaban J connectivity index is 1.75. The van der Waals surface area contributed by atoms with Gasteiger partial charge in [0, 0.05) is 0 Å². The number of methoxy groups -OCH3 is 2. The molecule has 0 aliphatic carbocycles. The van der Waals surface area contributed by atoms with Crippen LogP contribution in [0.15, 0.2) is 53.4 Å². The van der Waals surface area contributed by atoms with Crippen LogP contribution in [-0.2, 0) is 20.9 Å². The second-order valence-electron chi connectivity index (χ2n) is 6.03. The second-order valence-corrected chi connectivity index (χ2v) is 7.02. The predicted octanol–water partition coefficient (Wildman–Crippen LogP) is 3.48. The minimum absolute atomic E-state index is 0.221. The fourth-order valence-electron chi connectivity index (χ4n) is 2.61. The lowest BCUT2D eigenvalue weighted by Crippen LogP contribution is -2.34. The van der Waals surface area contributed by atoms with Gasteiger partial charge in [-0.3, -0.25) is 19.3 Å². The van der Waals surface area contributed by atoms with Gasteiger partial charge in [-0.25, -0.2) is 0 Å². The van der Waals surface area contributed by atoms with Gasteiger partial charge in [-0.1, -0.05) is 36.4 Å². The summed E-state index contributed by atoms with van der Waals surface area (Å²) in [6.45, 7) is -0.0168. The number of rotatable bonds is 7. The van der Waals surface area contributed by atoms with Crippen LogP contribution in [0.1, 0.15) is 11.1 Å². The predicted molar refractivity (Wildman–Crippen MR) is 108 cm³/mol. The van der Waals surface area contributed by atoms with E-state index in [0.717, 1.165) is 22.2 Å². The molecule has 1 heterocycles. The van der Waals surface area contributed by atoms with Crippen molar-refractivity contribution in [3.05, 3.63) is 64.6 Å². The Hall–Kier alpha value is -3.26. The van der Waals surface area contributed by atoms with Gasteiger partial charge in [0.2, 0.25) is 0 Å². The molecule has 1 saturated heterocycles. The van der Waals surface area contributed by atoms with Gasteiger partial charge >= 0.3 is 5.97 Å². The molecule has 8 heteroatoms. The lowest BCUT2D eigenvalue weighted by molar-refractivity contribution is -0.143. The highest BCUT2D eigenvalue weighted by atomic mass is 32.2. The van der Waals surface area contributed by atoms with E-state index in [1.165, 1.54) is 14.2 Å². The van der Waals surface area contributed by atoms with E-state index in [0.29, 0.717) is 23.7 Å². The number of nitrogens with zero attached hydrogens (tertiary/aromatic N) is 1. The quantitative estimate of drug-likeness (QED) is 0.508. The Morgan fingerprint density at radius 2 is 1.83 bits per heavy atom. The molecule has 2 aromatic rings. The number of ether oxygens (including phenoxy) is 3. The van der Waals surface area contributed by atoms with E-state index in [9.17, 15) is 14.4 Å². The van der Waals surface area contributed by atoms with Gasteiger partial charge in [-0.2, -0.15) is 0 Å². The van der Waals surface area contributed by atoms with Gasteiger partial charge in [0.15, 0.2) is 11.5 Å². The molecular formula is C21H19NO6S. The Labute approximate surface area is 172 Å². The van der Waals surface area contributed by atoms with Crippen molar-refractivity contribution in [3.63, 3.8) is 0 Å². The van der Waals surface area contributed by atoms with Gasteiger partial charge < -0.3 is 14.2 Å². The molecule has 1 fully saturated rings. The van der Waals surface area contributed by atoms with E-state index in [2.05, 4.69) is 4.74 Å². The fraction of sp³-hybridized carbons (Fsp3) is 0.190. The third-order valence-corrected chi connectivity index (χ3v) is 5.02. The maximum Gasteiger partial charge on any atom is 0.325 e. The number of hydrogen-bond donors (Lipinski definition) is 0. The largest absolute Gasteiger partial charge is 0.493 e. The number of esters is 1. The third kappa shape index (κ3) is 4.97. The van der Waals surface area contributed by atoms with Gasteiger partial charge in [0.05, 0.1) is 19.1 Å². The molecule has 150 valence electrons. The van der Waals surface area contributed by atoms with E-state index in [-0.39, 0.29) is 4.91 Å². The molecule has 0 unspecified atom stereocenters. The summed E-state index contributed by atoms with van der Waals surface area (Å²) in [5.74, 6) is -0.125. The standard InChI is InChI=1S/C21H19NO6S/c1-26-17-10-15(8-9-16(17)28-13-14-6-4-3-5-7-14)11-18-20(24)22(21(25)29-18)12-19(23)27-2/h3-11H,12-13H2,1-2H3. The van der Waals surface area contributed by atoms with E-state index in [1.54, 1.807) is 24.3 Å². The molecular weight excluding hydrogens is 394 g/mol. The van der Waals surface area contributed by atoms with Gasteiger partial charge in [-0.05, 0) is 41.1 Å². The zero-order chi connectivity index (χ0) is 20.8. The first kappa shape index (κ1) is 20.5. The molecule has 1 aliphatic heterocycles. The number of amides is 2. The summed E-state index contributed by atoms with van der Waals surface area (Å²) in [4.78, 5) is 36.9. The lowest BCUT2D eigenvalue weighted by atomic mass is 10.1. The summed E-state index contributed by atoms with van der Waals surface area (Å²) < 4.78 is 15.7. The fourth-order valence-corrected chi connectivity index (χ4v) is 3.45. The highest BCUT2D eigenvalue weighted by Crippen LogP contribution is 2.34. The molecule has 0 N–H and O–H groups in total. The molecule has 3 rings (SSSR count). The zero-order valence-electron chi connectivity index (χ0n) is 15.9. The summed E-state index contributed by atoms with van der Waals surface area (Å²) in [6, 6.07) is 15.0. The van der Waals surface area contributed by atoms with Crippen LogP contribution in [-0.4, -0.2) is 42.8 Å². The molecule has 0 bridgehead atoms. The first-order valence-corrected chi connectivity index (χ1v) is 9.50. The first-order valence-electron chi connectivity index (χ1n) is 8.68. The summed E-state index contributed by atoms with van der Waals surface area (Å²) >= 11 is 0.773. The number of imide groups is 1. The number of hydrogen-bond acceptors (Lipinski definition) is 7. The van der Waals surface area contributed by atoms with Crippen molar-refractivity contribution in [3.8, 4) is 11.5 Å². The van der Waals surface area contributed by atoms with E-state index >= 15 is 0 Å². The van der Waals surface area contributed by atoms with Crippen molar-refractivity contribution in [2.24, 2.45) is 0 Å². The number of carbonyl (C=O) groups is 3. The summed E-state index contributed by atoms with van der Waals surface area (Å²) in [5, 5.41) is -0.513. The van der Waals surface area contributed by atoms with Crippen molar-refractivity contribution in [1.82, 2.24) is 4.90 Å². The highest BCUT2D eigenvalue weighted by molar-refractivity contribution is 8.18. The summed E-state index contributed by atoms with van der Waals surface area (Å²) in [6.07, 6.45) is 1.58. The summed E-state index contributed by atoms with van der Waals surface area (Å²) in [5.41, 5.74) is 1.69. The number of benzene rings is 2. The molecule has 2 amide bonds. The number of thioether (sulfide) groups is 1. The van der Waals surface area contributed by atoms with E-state index in [1.807, 2.05) is 30.3 Å². The van der Waals surface area contributed by atoms with Gasteiger partial charge in [0.1, 0.15) is 13.2 Å². The van der Waals surface area contributed by atoms with Crippen LogP contribution in [0, 0.1) is 0 Å². The number of carbonyl (C=O) groups excluding carboxylic acids is 3. The molecule has 1 aliphatic rings. The topological polar surface area (TPSA) is 82.1 Å². The van der Waals surface area contributed by atoms with Crippen molar-refractivity contribution in [2.45, 2.75) is 6.61 Å². The van der Waals surface area contributed by atoms with Crippen LogP contribution in [0.5, 0.6) is 11.5 Å². The Bertz CT molecular complexity index is 957. The molecule has 29 heavy (non-hydrogen) atoms. The van der Waals surface area contributed by atoms with Crippen molar-refractivity contribution in [2.75, 3.05) is 20.8 Å². The average Bonchev–Trinajstić information content (AvgIpc) is 3.00. The Kier molecular flexibility index (Phi) is 6.56. The van der Waals surface area contributed by atoms with Crippen molar-refractivity contribution < 1.29 is 28.6 Å². The molecule has 0 radical (unpaired) electrons. The van der Waals surface area contributed by atoms with Crippen molar-refractivity contribution >= 4 is 35.0 Å². The monoisotopic (exact) mass is 413 g/mol. The SMILES string of the molecule is COC(=O)CN1C(=O)SC(=Cc2ccc(OCc3ccccc3)c(OC)c2)C1=O. The first-order chi connectivity index (χ1) is 14.0. The maximum atomic E-state index is 12.4. The van der Waals surface area contributed by atoms with Crippen molar-refractivity contribution in [1.29, 1.82) is 0 Å². The Morgan fingerprint density at radius 3 is 2.52 bits per heavy atom. The lowest BCUT2D eigenvalue weighted by Gasteiger charge is -2.12. The van der Waals surface area contributed by atoms with Crippen LogP contribution < -0.4 is 9.47 Å². The zero-order valence-corrected chi connectivity index (χ0v) is 16.7. The van der Waals surface area contributed by atoms with Crippen LogP contribution >= 0.6 is 11.8 Å². The van der Waals surface area contributed by atoms with Crippen LogP contribution in [0.2, 0.25) is 0 Å². The molecule has 0 atom stereocenters. The minimum atomic E-state index is -0.657. The molecule has 0 aromatic heterocycles. The van der Waals surface area contributed by atoms with Crippen LogP contribution in [0.4, 0.5) is 4.79 Å². The second kappa shape index (κ2) is 9.29. The molecule has 2 aromatic carbocycles. The molecule has 0 spiro atoms. The minimum Gasteiger partial charge on any atom is -0.493 e. The van der Waals surface area contributed by atoms with Gasteiger partial charge in [0.25, 0.3) is 11.1 Å². The third-order valence-electron chi connectivity index (χ3n) is 4.11. The maximum absolute atomic E-state index is 12.4.